The highest BCUT2D eigenvalue weighted by atomic mass is 28.3. The first kappa shape index (κ1) is 16.1. The highest BCUT2D eigenvalue weighted by molar-refractivity contribution is 7.00. The molecule has 0 aliphatic rings. The smallest absolute Gasteiger partial charge is 0.112 e. The summed E-state index contributed by atoms with van der Waals surface area (Å²) in [4.78, 5) is 0. The van der Waals surface area contributed by atoms with E-state index >= 15 is 0 Å². The van der Waals surface area contributed by atoms with E-state index in [0.29, 0.717) is 0 Å². The summed E-state index contributed by atoms with van der Waals surface area (Å²) in [5.41, 5.74) is 3.59. The van der Waals surface area contributed by atoms with Crippen LogP contribution in [-0.2, 0) is 13.7 Å². The quantitative estimate of drug-likeness (QED) is 0.563. The monoisotopic (exact) mass is 345 g/mol. The molecule has 0 radical (unpaired) electrons. The number of aromatic nitrogens is 1. The molecule has 1 heterocycles. The van der Waals surface area contributed by atoms with Crippen LogP contribution in [0.3, 0.4) is 0 Å². The second-order valence-corrected chi connectivity index (χ2v) is 11.6. The van der Waals surface area contributed by atoms with Crippen molar-refractivity contribution in [3.63, 3.8) is 0 Å². The molecule has 0 amide bonds. The molecule has 3 heteroatoms. The molecule has 1 aromatic heterocycles. The Bertz CT molecular complexity index is 1080. The number of para-hydroxylation sites is 1. The molecule has 0 bridgehead atoms. The summed E-state index contributed by atoms with van der Waals surface area (Å²) in [5.74, 6) is 0. The van der Waals surface area contributed by atoms with Crippen molar-refractivity contribution in [1.29, 1.82) is 0 Å². The summed E-state index contributed by atoms with van der Waals surface area (Å²) in [6, 6.07) is 23.8. The van der Waals surface area contributed by atoms with Gasteiger partial charge in [-0.05, 0) is 22.9 Å². The molecule has 0 unspecified atom stereocenters. The fourth-order valence-electron chi connectivity index (χ4n) is 3.98. The minimum atomic E-state index is -1.89. The molecule has 0 saturated heterocycles. The summed E-state index contributed by atoms with van der Waals surface area (Å²) in [6.07, 6.45) is 0. The van der Waals surface area contributed by atoms with Gasteiger partial charge < -0.3 is 9.67 Å². The molecular formula is C22H23NOSi. The maximum Gasteiger partial charge on any atom is 0.112 e. The van der Waals surface area contributed by atoms with E-state index in [4.69, 9.17) is 0 Å². The van der Waals surface area contributed by atoms with E-state index < -0.39 is 8.07 Å². The Morgan fingerprint density at radius 1 is 0.840 bits per heavy atom. The van der Waals surface area contributed by atoms with Crippen molar-refractivity contribution < 1.29 is 5.11 Å². The van der Waals surface area contributed by atoms with Gasteiger partial charge in [-0.15, -0.1) is 0 Å². The normalized spacial score (nSPS) is 12.2. The first-order chi connectivity index (χ1) is 12.0. The molecule has 0 fully saturated rings. The van der Waals surface area contributed by atoms with E-state index in [1.165, 1.54) is 32.2 Å². The highest BCUT2D eigenvalue weighted by Crippen LogP contribution is 2.27. The van der Waals surface area contributed by atoms with Crippen LogP contribution in [-0.4, -0.2) is 17.7 Å². The van der Waals surface area contributed by atoms with Gasteiger partial charge in [0.2, 0.25) is 0 Å². The fraction of sp³-hybridized carbons (Fsp3) is 0.182. The Hall–Kier alpha value is -2.36. The maximum atomic E-state index is 9.76. The van der Waals surface area contributed by atoms with Gasteiger partial charge in [0.05, 0.1) is 6.61 Å². The molecule has 0 saturated carbocycles. The highest BCUT2D eigenvalue weighted by Gasteiger charge is 2.28. The standard InChI is InChI=1S/C22H23NOSi/c1-23-20-10-6-5-9-18(20)19-14-17(12-13-21(19)23)25(2,3)22-11-7-4-8-16(22)15-24/h4-14,24H,15H2,1-3H3. The third kappa shape index (κ3) is 2.43. The summed E-state index contributed by atoms with van der Waals surface area (Å²) in [7, 11) is 0.247. The molecule has 2 nitrogen and oxygen atoms in total. The number of rotatable bonds is 3. The number of nitrogens with zero attached hydrogens (tertiary/aromatic N) is 1. The molecular weight excluding hydrogens is 322 g/mol. The van der Waals surface area contributed by atoms with Crippen LogP contribution in [0.4, 0.5) is 0 Å². The predicted octanol–water partition coefficient (Wildman–Crippen LogP) is 3.65. The summed E-state index contributed by atoms with van der Waals surface area (Å²) in [6.45, 7) is 4.84. The van der Waals surface area contributed by atoms with Gasteiger partial charge in [0, 0.05) is 28.9 Å². The summed E-state index contributed by atoms with van der Waals surface area (Å²) < 4.78 is 2.27. The molecule has 4 aromatic rings. The van der Waals surface area contributed by atoms with Crippen molar-refractivity contribution in [3.8, 4) is 0 Å². The summed E-state index contributed by atoms with van der Waals surface area (Å²) >= 11 is 0. The number of hydrogen-bond donors (Lipinski definition) is 1. The zero-order valence-electron chi connectivity index (χ0n) is 15.0. The van der Waals surface area contributed by atoms with Crippen LogP contribution >= 0.6 is 0 Å². The molecule has 0 aliphatic carbocycles. The molecule has 1 N–H and O–H groups in total. The van der Waals surface area contributed by atoms with Crippen molar-refractivity contribution in [2.75, 3.05) is 0 Å². The van der Waals surface area contributed by atoms with Crippen molar-refractivity contribution >= 4 is 40.3 Å². The van der Waals surface area contributed by atoms with Crippen molar-refractivity contribution in [3.05, 3.63) is 72.3 Å². The van der Waals surface area contributed by atoms with E-state index in [9.17, 15) is 5.11 Å². The third-order valence-corrected chi connectivity index (χ3v) is 9.09. The lowest BCUT2D eigenvalue weighted by Crippen LogP contribution is -2.54. The second-order valence-electron chi connectivity index (χ2n) is 7.25. The van der Waals surface area contributed by atoms with Gasteiger partial charge in [0.25, 0.3) is 0 Å². The van der Waals surface area contributed by atoms with Crippen LogP contribution < -0.4 is 10.4 Å². The van der Waals surface area contributed by atoms with Crippen molar-refractivity contribution in [2.24, 2.45) is 7.05 Å². The van der Waals surface area contributed by atoms with Gasteiger partial charge in [-0.25, -0.2) is 0 Å². The minimum Gasteiger partial charge on any atom is -0.392 e. The second kappa shape index (κ2) is 5.87. The van der Waals surface area contributed by atoms with Crippen LogP contribution in [0, 0.1) is 0 Å². The minimum absolute atomic E-state index is 0.100. The number of aryl methyl sites for hydroxylation is 1. The summed E-state index contributed by atoms with van der Waals surface area (Å²) in [5, 5.41) is 15.1. The Kier molecular flexibility index (Phi) is 3.78. The zero-order valence-corrected chi connectivity index (χ0v) is 16.0. The van der Waals surface area contributed by atoms with E-state index in [0.717, 1.165) is 5.56 Å². The first-order valence-corrected chi connectivity index (χ1v) is 11.7. The Labute approximate surface area is 149 Å². The van der Waals surface area contributed by atoms with Gasteiger partial charge in [0.1, 0.15) is 8.07 Å². The SMILES string of the molecule is Cn1c2ccccc2c2cc([Si](C)(C)c3ccccc3CO)ccc21. The molecule has 0 aliphatic heterocycles. The zero-order chi connectivity index (χ0) is 17.6. The predicted molar refractivity (Wildman–Crippen MR) is 110 cm³/mol. The van der Waals surface area contributed by atoms with Gasteiger partial charge in [-0.1, -0.05) is 72.9 Å². The van der Waals surface area contributed by atoms with Gasteiger partial charge in [-0.2, -0.15) is 0 Å². The third-order valence-electron chi connectivity index (χ3n) is 5.50. The average molecular weight is 346 g/mol. The van der Waals surface area contributed by atoms with Crippen LogP contribution in [0.1, 0.15) is 5.56 Å². The molecule has 0 spiro atoms. The van der Waals surface area contributed by atoms with E-state index in [2.05, 4.69) is 79.3 Å². The van der Waals surface area contributed by atoms with Gasteiger partial charge in [0.15, 0.2) is 0 Å². The van der Waals surface area contributed by atoms with Crippen LogP contribution in [0.25, 0.3) is 21.8 Å². The maximum absolute atomic E-state index is 9.76. The average Bonchev–Trinajstić information content (AvgIpc) is 2.94. The Balaban J connectivity index is 1.96. The first-order valence-electron chi connectivity index (χ1n) is 8.71. The van der Waals surface area contributed by atoms with Gasteiger partial charge >= 0.3 is 0 Å². The molecule has 4 rings (SSSR count). The number of benzene rings is 3. The Morgan fingerprint density at radius 2 is 1.52 bits per heavy atom. The topological polar surface area (TPSA) is 25.2 Å². The van der Waals surface area contributed by atoms with Gasteiger partial charge in [-0.3, -0.25) is 0 Å². The molecule has 25 heavy (non-hydrogen) atoms. The molecule has 126 valence electrons. The van der Waals surface area contributed by atoms with E-state index in [1.54, 1.807) is 0 Å². The van der Waals surface area contributed by atoms with Crippen LogP contribution in [0.5, 0.6) is 0 Å². The number of aliphatic hydroxyl groups excluding tert-OH is 1. The van der Waals surface area contributed by atoms with Crippen molar-refractivity contribution in [2.45, 2.75) is 19.7 Å². The van der Waals surface area contributed by atoms with E-state index in [1.807, 2.05) is 12.1 Å². The Morgan fingerprint density at radius 3 is 2.32 bits per heavy atom. The van der Waals surface area contributed by atoms with Crippen LogP contribution in [0.15, 0.2) is 66.7 Å². The van der Waals surface area contributed by atoms with Crippen molar-refractivity contribution in [1.82, 2.24) is 4.57 Å². The lowest BCUT2D eigenvalue weighted by molar-refractivity contribution is 0.283. The fourth-order valence-corrected chi connectivity index (χ4v) is 6.77. The molecule has 0 atom stereocenters. The van der Waals surface area contributed by atoms with Crippen LogP contribution in [0.2, 0.25) is 13.1 Å². The molecule has 3 aromatic carbocycles. The number of fused-ring (bicyclic) bond motifs is 3. The largest absolute Gasteiger partial charge is 0.392 e. The van der Waals surface area contributed by atoms with E-state index in [-0.39, 0.29) is 6.61 Å². The number of aliphatic hydroxyl groups is 1. The lowest BCUT2D eigenvalue weighted by Gasteiger charge is -2.26. The lowest BCUT2D eigenvalue weighted by atomic mass is 10.1. The number of hydrogen-bond acceptors (Lipinski definition) is 1.